The molecule has 0 bridgehead atoms. The molecule has 0 aromatic rings. The van der Waals surface area contributed by atoms with E-state index in [1.54, 1.807) is 0 Å². The Morgan fingerprint density at radius 2 is 1.96 bits per heavy atom. The number of fused-ring (bicyclic) bond motifs is 2. The van der Waals surface area contributed by atoms with Crippen LogP contribution in [0.2, 0.25) is 18.1 Å². The van der Waals surface area contributed by atoms with Crippen LogP contribution in [-0.2, 0) is 14.0 Å². The Bertz CT molecular complexity index is 738. The van der Waals surface area contributed by atoms with Gasteiger partial charge in [0.1, 0.15) is 5.76 Å². The summed E-state index contributed by atoms with van der Waals surface area (Å²) >= 11 is 0. The minimum absolute atomic E-state index is 0.0851. The lowest BCUT2D eigenvalue weighted by Crippen LogP contribution is -2.54. The summed E-state index contributed by atoms with van der Waals surface area (Å²) < 4.78 is 12.0. The van der Waals surface area contributed by atoms with Gasteiger partial charge in [-0.05, 0) is 55.1 Å². The first kappa shape index (κ1) is 19.6. The topological polar surface area (TPSA) is 55.8 Å². The first-order valence-electron chi connectivity index (χ1n) is 9.50. The van der Waals surface area contributed by atoms with Gasteiger partial charge in [-0.3, -0.25) is 0 Å². The van der Waals surface area contributed by atoms with E-state index in [2.05, 4.69) is 47.7 Å². The van der Waals surface area contributed by atoms with Crippen molar-refractivity contribution in [2.24, 2.45) is 11.3 Å². The van der Waals surface area contributed by atoms with Gasteiger partial charge in [0.25, 0.3) is 0 Å². The highest BCUT2D eigenvalue weighted by Gasteiger charge is 2.52. The Labute approximate surface area is 158 Å². The number of hydrogen-bond donors (Lipinski definition) is 1. The lowest BCUT2D eigenvalue weighted by atomic mass is 9.60. The normalized spacial score (nSPS) is 34.8. The number of carbonyl (C=O) groups is 1. The molecular formula is C21H32O4Si. The molecule has 1 aliphatic heterocycles. The van der Waals surface area contributed by atoms with Crippen molar-refractivity contribution in [3.8, 4) is 0 Å². The number of hydrogen-bond acceptors (Lipinski definition) is 4. The second-order valence-electron chi connectivity index (χ2n) is 9.84. The summed E-state index contributed by atoms with van der Waals surface area (Å²) in [6, 6.07) is 0. The van der Waals surface area contributed by atoms with Gasteiger partial charge in [-0.2, -0.15) is 0 Å². The first-order valence-corrected chi connectivity index (χ1v) is 12.4. The van der Waals surface area contributed by atoms with Gasteiger partial charge in [0.15, 0.2) is 8.32 Å². The molecule has 5 heteroatoms. The molecule has 0 aromatic heterocycles. The fraction of sp³-hybridized carbons (Fsp3) is 0.667. The zero-order valence-electron chi connectivity index (χ0n) is 17.3. The molecule has 0 amide bonds. The van der Waals surface area contributed by atoms with E-state index in [1.165, 1.54) is 0 Å². The molecule has 1 N–H and O–H groups in total. The highest BCUT2D eigenvalue weighted by Crippen LogP contribution is 2.54. The number of aliphatic hydroxyl groups is 1. The van der Waals surface area contributed by atoms with Crippen LogP contribution in [0, 0.1) is 11.3 Å². The predicted octanol–water partition coefficient (Wildman–Crippen LogP) is 4.48. The van der Waals surface area contributed by atoms with Crippen molar-refractivity contribution in [3.05, 3.63) is 34.6 Å². The van der Waals surface area contributed by atoms with E-state index in [-0.39, 0.29) is 28.4 Å². The standard InChI is InChI=1S/C21H32O4Si/c1-12-15-11-21(6)13(2)18(25-26(7,8)20(3,4)5)16(22)9-14(21)10-17(15)24-19(12)23/h9-10,13,16,18,22H,11H2,1-8H3/t13-,16-,18+,21+/m0/s1. The maximum Gasteiger partial charge on any atom is 0.339 e. The third-order valence-corrected chi connectivity index (χ3v) is 11.6. The zero-order valence-corrected chi connectivity index (χ0v) is 18.3. The second-order valence-corrected chi connectivity index (χ2v) is 14.6. The van der Waals surface area contributed by atoms with Crippen LogP contribution in [0.15, 0.2) is 34.6 Å². The van der Waals surface area contributed by atoms with E-state index < -0.39 is 14.4 Å². The summed E-state index contributed by atoms with van der Waals surface area (Å²) in [5.74, 6) is 0.524. The Balaban J connectivity index is 1.99. The van der Waals surface area contributed by atoms with Gasteiger partial charge in [0, 0.05) is 16.6 Å². The van der Waals surface area contributed by atoms with Crippen LogP contribution in [0.1, 0.15) is 48.0 Å². The zero-order chi connectivity index (χ0) is 19.7. The molecule has 0 unspecified atom stereocenters. The summed E-state index contributed by atoms with van der Waals surface area (Å²) in [6.07, 6.45) is 3.70. The predicted molar refractivity (Wildman–Crippen MR) is 105 cm³/mol. The van der Waals surface area contributed by atoms with Crippen molar-refractivity contribution >= 4 is 14.3 Å². The number of esters is 1. The van der Waals surface area contributed by atoms with Crippen molar-refractivity contribution < 1.29 is 19.1 Å². The Kier molecular flexibility index (Phi) is 4.45. The fourth-order valence-electron chi connectivity index (χ4n) is 3.95. The summed E-state index contributed by atoms with van der Waals surface area (Å²) in [5.41, 5.74) is 2.58. The van der Waals surface area contributed by atoms with Crippen LogP contribution >= 0.6 is 0 Å². The summed E-state index contributed by atoms with van der Waals surface area (Å²) in [4.78, 5) is 11.9. The van der Waals surface area contributed by atoms with Crippen LogP contribution in [0.5, 0.6) is 0 Å². The molecule has 4 nitrogen and oxygen atoms in total. The molecule has 0 spiro atoms. The van der Waals surface area contributed by atoms with Crippen LogP contribution in [0.4, 0.5) is 0 Å². The highest BCUT2D eigenvalue weighted by atomic mass is 28.4. The van der Waals surface area contributed by atoms with Gasteiger partial charge in [0.2, 0.25) is 0 Å². The lowest BCUT2D eigenvalue weighted by molar-refractivity contribution is -0.133. The molecular weight excluding hydrogens is 344 g/mol. The molecule has 0 saturated heterocycles. The number of carbonyl (C=O) groups excluding carboxylic acids is 1. The third kappa shape index (κ3) is 2.84. The van der Waals surface area contributed by atoms with Gasteiger partial charge in [0.05, 0.1) is 12.2 Å². The Hall–Kier alpha value is -1.17. The van der Waals surface area contributed by atoms with Crippen LogP contribution in [0.25, 0.3) is 0 Å². The summed E-state index contributed by atoms with van der Waals surface area (Å²) in [6.45, 7) is 17.3. The SMILES string of the molecule is CC1=C2C[C@@]3(C)C(=C[C@H](O)[C@H](O[Si](C)(C)C(C)(C)C)[C@@H]3C)C=C2OC1=O. The van der Waals surface area contributed by atoms with Crippen LogP contribution in [-0.4, -0.2) is 31.6 Å². The minimum atomic E-state index is -2.01. The lowest BCUT2D eigenvalue weighted by Gasteiger charge is -2.51. The minimum Gasteiger partial charge on any atom is -0.423 e. The number of aliphatic hydroxyl groups excluding tert-OH is 1. The molecule has 0 fully saturated rings. The first-order chi connectivity index (χ1) is 11.8. The highest BCUT2D eigenvalue weighted by molar-refractivity contribution is 6.74. The number of rotatable bonds is 2. The molecule has 2 aliphatic carbocycles. The van der Waals surface area contributed by atoms with E-state index in [0.29, 0.717) is 11.3 Å². The molecule has 1 heterocycles. The van der Waals surface area contributed by atoms with E-state index >= 15 is 0 Å². The molecule has 144 valence electrons. The van der Waals surface area contributed by atoms with Gasteiger partial charge in [-0.25, -0.2) is 4.79 Å². The van der Waals surface area contributed by atoms with E-state index in [0.717, 1.165) is 17.6 Å². The van der Waals surface area contributed by atoms with Gasteiger partial charge in [-0.15, -0.1) is 0 Å². The second kappa shape index (κ2) is 5.91. The average Bonchev–Trinajstić information content (AvgIpc) is 2.77. The number of allylic oxidation sites excluding steroid dienone is 3. The Morgan fingerprint density at radius 3 is 2.54 bits per heavy atom. The van der Waals surface area contributed by atoms with E-state index in [9.17, 15) is 9.90 Å². The van der Waals surface area contributed by atoms with Crippen LogP contribution in [0.3, 0.4) is 0 Å². The van der Waals surface area contributed by atoms with Crippen molar-refractivity contribution in [1.29, 1.82) is 0 Å². The quantitative estimate of drug-likeness (QED) is 0.570. The van der Waals surface area contributed by atoms with Crippen molar-refractivity contribution in [2.45, 2.75) is 78.3 Å². The van der Waals surface area contributed by atoms with Crippen molar-refractivity contribution in [1.82, 2.24) is 0 Å². The fourth-order valence-corrected chi connectivity index (χ4v) is 5.32. The monoisotopic (exact) mass is 376 g/mol. The van der Waals surface area contributed by atoms with Crippen molar-refractivity contribution in [2.75, 3.05) is 0 Å². The van der Waals surface area contributed by atoms with Gasteiger partial charge >= 0.3 is 5.97 Å². The average molecular weight is 377 g/mol. The molecule has 0 saturated carbocycles. The van der Waals surface area contributed by atoms with E-state index in [4.69, 9.17) is 9.16 Å². The number of ether oxygens (including phenoxy) is 1. The van der Waals surface area contributed by atoms with Gasteiger partial charge in [-0.1, -0.05) is 34.6 Å². The molecule has 26 heavy (non-hydrogen) atoms. The van der Waals surface area contributed by atoms with Gasteiger partial charge < -0.3 is 14.3 Å². The van der Waals surface area contributed by atoms with Crippen LogP contribution < -0.4 is 0 Å². The molecule has 4 atom stereocenters. The molecule has 0 aromatic carbocycles. The largest absolute Gasteiger partial charge is 0.423 e. The summed E-state index contributed by atoms with van der Waals surface area (Å²) in [5, 5.41) is 10.9. The summed E-state index contributed by atoms with van der Waals surface area (Å²) in [7, 11) is -2.01. The Morgan fingerprint density at radius 1 is 1.35 bits per heavy atom. The molecule has 3 rings (SSSR count). The third-order valence-electron chi connectivity index (χ3n) is 7.17. The maximum atomic E-state index is 11.9. The molecule has 3 aliphatic rings. The van der Waals surface area contributed by atoms with Crippen molar-refractivity contribution in [3.63, 3.8) is 0 Å². The maximum absolute atomic E-state index is 11.9. The van der Waals surface area contributed by atoms with E-state index in [1.807, 2.05) is 19.1 Å². The molecule has 0 radical (unpaired) electrons. The smallest absolute Gasteiger partial charge is 0.339 e.